The van der Waals surface area contributed by atoms with Gasteiger partial charge in [-0.1, -0.05) is 24.1 Å². The lowest BCUT2D eigenvalue weighted by Gasteiger charge is -2.36. The van der Waals surface area contributed by atoms with E-state index in [1.807, 2.05) is 16.6 Å². The van der Waals surface area contributed by atoms with Crippen LogP contribution in [0.3, 0.4) is 0 Å². The number of aliphatic hydroxyl groups is 1. The number of amides is 2. The number of fused-ring (bicyclic) bond motifs is 5. The van der Waals surface area contributed by atoms with Crippen LogP contribution in [0.25, 0.3) is 43.8 Å². The van der Waals surface area contributed by atoms with Crippen LogP contribution in [-0.4, -0.2) is 127 Å². The van der Waals surface area contributed by atoms with E-state index in [9.17, 15) is 19.8 Å². The van der Waals surface area contributed by atoms with Crippen LogP contribution < -0.4 is 20.3 Å². The summed E-state index contributed by atoms with van der Waals surface area (Å²) in [6.07, 6.45) is 12.2. The van der Waals surface area contributed by atoms with Gasteiger partial charge in [0, 0.05) is 80.9 Å². The first-order chi connectivity index (χ1) is 32.5. The van der Waals surface area contributed by atoms with Crippen molar-refractivity contribution in [2.75, 3.05) is 50.7 Å². The van der Waals surface area contributed by atoms with Crippen molar-refractivity contribution in [3.63, 3.8) is 0 Å². The predicted molar refractivity (Wildman–Crippen MR) is 247 cm³/mol. The normalized spacial score (nSPS) is 23.0. The average molecular weight is 911 g/mol. The van der Waals surface area contributed by atoms with Gasteiger partial charge in [-0.3, -0.25) is 24.2 Å². The maximum atomic E-state index is 17.1. The second kappa shape index (κ2) is 17.3. The molecule has 0 spiro atoms. The summed E-state index contributed by atoms with van der Waals surface area (Å²) in [7, 11) is 1.89. The average Bonchev–Trinajstić information content (AvgIpc) is 3.85. The van der Waals surface area contributed by atoms with Crippen molar-refractivity contribution in [3.8, 4) is 35.4 Å². The Morgan fingerprint density at radius 1 is 0.940 bits per heavy atom. The van der Waals surface area contributed by atoms with Gasteiger partial charge in [-0.25, -0.2) is 8.78 Å². The molecule has 5 aliphatic rings. The molecule has 0 radical (unpaired) electrons. The molecule has 5 aliphatic heterocycles. The number of terminal acetylenes is 1. The Morgan fingerprint density at radius 2 is 1.72 bits per heavy atom. The van der Waals surface area contributed by atoms with E-state index in [1.54, 1.807) is 0 Å². The molecule has 15 nitrogen and oxygen atoms in total. The number of aromatic hydroxyl groups is 1. The first-order valence-electron chi connectivity index (χ1n) is 23.4. The van der Waals surface area contributed by atoms with Crippen LogP contribution >= 0.6 is 0 Å². The minimum atomic E-state index is -0.813. The number of likely N-dealkylation sites (tertiary alicyclic amines) is 2. The number of halogens is 2. The summed E-state index contributed by atoms with van der Waals surface area (Å²) in [4.78, 5) is 46.7. The number of piperidine rings is 3. The van der Waals surface area contributed by atoms with Crippen molar-refractivity contribution in [2.24, 2.45) is 7.05 Å². The van der Waals surface area contributed by atoms with Gasteiger partial charge in [0.1, 0.15) is 40.9 Å². The van der Waals surface area contributed by atoms with Gasteiger partial charge in [-0.2, -0.15) is 15.1 Å². The Morgan fingerprint density at radius 3 is 2.46 bits per heavy atom. The van der Waals surface area contributed by atoms with Gasteiger partial charge >= 0.3 is 6.01 Å². The number of carbonyl (C=O) groups is 2. The van der Waals surface area contributed by atoms with E-state index in [2.05, 4.69) is 54.5 Å². The Hall–Kier alpha value is -6.48. The van der Waals surface area contributed by atoms with Crippen molar-refractivity contribution in [2.45, 2.75) is 87.6 Å². The van der Waals surface area contributed by atoms with Gasteiger partial charge < -0.3 is 35.4 Å². The Kier molecular flexibility index (Phi) is 11.1. The topological polar surface area (TPSA) is 174 Å². The van der Waals surface area contributed by atoms with Crippen LogP contribution in [0.1, 0.15) is 80.0 Å². The zero-order valence-electron chi connectivity index (χ0n) is 37.2. The number of phenols is 1. The molecule has 17 heteroatoms. The summed E-state index contributed by atoms with van der Waals surface area (Å²) in [6.45, 7) is 4.25. The molecule has 11 rings (SSSR count). The van der Waals surface area contributed by atoms with E-state index in [0.717, 1.165) is 42.3 Å². The number of rotatable bonds is 8. The van der Waals surface area contributed by atoms with Crippen LogP contribution in [0.2, 0.25) is 0 Å². The van der Waals surface area contributed by atoms with Crippen molar-refractivity contribution < 1.29 is 33.3 Å². The monoisotopic (exact) mass is 910 g/mol. The molecule has 0 aliphatic carbocycles. The lowest BCUT2D eigenvalue weighted by molar-refractivity contribution is -0.134. The number of phenolic OH excluding ortho intramolecular Hbond substituents is 1. The number of aryl methyl sites for hydroxylation is 1. The molecular formula is C50H52F2N10O5. The molecule has 4 N–H and O–H groups in total. The van der Waals surface area contributed by atoms with Crippen LogP contribution in [0.4, 0.5) is 14.6 Å². The Labute approximate surface area is 385 Å². The number of hydrogen-bond acceptors (Lipinski definition) is 12. The van der Waals surface area contributed by atoms with E-state index in [1.165, 1.54) is 36.0 Å². The summed E-state index contributed by atoms with van der Waals surface area (Å²) < 4.78 is 40.4. The molecule has 2 bridgehead atoms. The van der Waals surface area contributed by atoms with Crippen molar-refractivity contribution in [1.29, 1.82) is 0 Å². The molecular weight excluding hydrogens is 859 g/mol. The predicted octanol–water partition coefficient (Wildman–Crippen LogP) is 5.20. The molecule has 67 heavy (non-hydrogen) atoms. The van der Waals surface area contributed by atoms with E-state index in [-0.39, 0.29) is 69.5 Å². The number of aromatic nitrogens is 5. The van der Waals surface area contributed by atoms with Crippen molar-refractivity contribution in [1.82, 2.24) is 45.2 Å². The first kappa shape index (κ1) is 43.1. The Balaban J connectivity index is 0.764. The second-order valence-electron chi connectivity index (χ2n) is 18.9. The SMILES string of the molecule is C#Cc1c(F)ccc2cc(O)cc(-c3ncc4c(N5CC6CCC(C5)N6)nc(OC5CCN(CC(=O)N6CCC(c7ccc8c(C9CCC(O)NC9=O)nn(C)c8c7)CC6)CC5)nc4c3F)c12. The number of aliphatic hydroxyl groups excluding tert-OH is 1. The summed E-state index contributed by atoms with van der Waals surface area (Å²) in [5.74, 6) is 1.16. The zero-order chi connectivity index (χ0) is 46.1. The minimum Gasteiger partial charge on any atom is -0.508 e. The highest BCUT2D eigenvalue weighted by Crippen LogP contribution is 2.40. The smallest absolute Gasteiger partial charge is 0.319 e. The lowest BCUT2D eigenvalue weighted by Crippen LogP contribution is -2.51. The van der Waals surface area contributed by atoms with Crippen LogP contribution in [0.5, 0.6) is 11.8 Å². The summed E-state index contributed by atoms with van der Waals surface area (Å²) in [5.41, 5.74) is 2.85. The number of nitrogens with one attached hydrogen (secondary N) is 2. The number of ether oxygens (including phenoxy) is 1. The molecule has 5 saturated heterocycles. The minimum absolute atomic E-state index is 0.00293. The van der Waals surface area contributed by atoms with Gasteiger partial charge in [0.15, 0.2) is 5.82 Å². The number of anilines is 1. The fraction of sp³-hybridized carbons (Fsp3) is 0.440. The highest BCUT2D eigenvalue weighted by Gasteiger charge is 2.36. The van der Waals surface area contributed by atoms with Crippen molar-refractivity contribution in [3.05, 3.63) is 77.1 Å². The quantitative estimate of drug-likeness (QED) is 0.147. The van der Waals surface area contributed by atoms with E-state index >= 15 is 8.78 Å². The van der Waals surface area contributed by atoms with Crippen LogP contribution in [0, 0.1) is 24.0 Å². The van der Waals surface area contributed by atoms with Gasteiger partial charge in [-0.05, 0) is 92.5 Å². The third-order valence-corrected chi connectivity index (χ3v) is 14.7. The number of carbonyl (C=O) groups excluding carboxylic acids is 2. The van der Waals surface area contributed by atoms with E-state index in [4.69, 9.17) is 21.2 Å². The molecule has 4 atom stereocenters. The molecule has 0 saturated carbocycles. The molecule has 346 valence electrons. The van der Waals surface area contributed by atoms with Gasteiger partial charge in [0.05, 0.1) is 34.6 Å². The summed E-state index contributed by atoms with van der Waals surface area (Å²) in [6, 6.07) is 12.4. The molecule has 2 amide bonds. The molecule has 5 fully saturated rings. The van der Waals surface area contributed by atoms with Gasteiger partial charge in [-0.15, -0.1) is 6.42 Å². The molecule has 8 heterocycles. The third kappa shape index (κ3) is 8.04. The van der Waals surface area contributed by atoms with Crippen LogP contribution in [0.15, 0.2) is 48.7 Å². The summed E-state index contributed by atoms with van der Waals surface area (Å²) in [5, 5.41) is 33.6. The fourth-order valence-corrected chi connectivity index (χ4v) is 11.2. The highest BCUT2D eigenvalue weighted by molar-refractivity contribution is 6.03. The first-order valence-corrected chi connectivity index (χ1v) is 23.4. The largest absolute Gasteiger partial charge is 0.508 e. The standard InChI is InChI=1S/C50H52F2N10O5/c1-3-34-39(51)10-5-29-20-32(63)22-37(43(29)34)46-44(52)47-38(23-53-46)48(62-24-30-6-7-31(25-62)54-30)57-50(56-47)67-33-14-16-60(17-15-33)26-42(65)61-18-12-27(13-19-61)28-4-8-35-40(21-28)59(2)58-45(35)36-9-11-41(64)55-49(36)66/h1,4-5,8,10,20-23,27,30-31,33,36,41,54,63-64H,6-7,9,11-19,24-26H2,2H3,(H,55,66). The van der Waals surface area contributed by atoms with E-state index < -0.39 is 23.8 Å². The Bertz CT molecular complexity index is 2980. The summed E-state index contributed by atoms with van der Waals surface area (Å²) >= 11 is 0. The fourth-order valence-electron chi connectivity index (χ4n) is 11.2. The lowest BCUT2D eigenvalue weighted by atomic mass is 9.87. The number of piperazine rings is 1. The maximum absolute atomic E-state index is 17.1. The highest BCUT2D eigenvalue weighted by atomic mass is 19.1. The van der Waals surface area contributed by atoms with Gasteiger partial charge in [0.25, 0.3) is 0 Å². The maximum Gasteiger partial charge on any atom is 0.319 e. The van der Waals surface area contributed by atoms with E-state index in [0.29, 0.717) is 94.0 Å². The van der Waals surface area contributed by atoms with Crippen molar-refractivity contribution >= 4 is 50.2 Å². The van der Waals surface area contributed by atoms with Crippen LogP contribution in [-0.2, 0) is 16.6 Å². The molecule has 6 aromatic rings. The number of hydrogen-bond donors (Lipinski definition) is 4. The molecule has 3 aromatic carbocycles. The number of benzene rings is 3. The third-order valence-electron chi connectivity index (χ3n) is 14.7. The molecule has 4 unspecified atom stereocenters. The number of nitrogens with zero attached hydrogens (tertiary/aromatic N) is 8. The molecule has 3 aromatic heterocycles. The van der Waals surface area contributed by atoms with Gasteiger partial charge in [0.2, 0.25) is 11.8 Å². The zero-order valence-corrected chi connectivity index (χ0v) is 37.2. The number of pyridine rings is 1. The second-order valence-corrected chi connectivity index (χ2v) is 18.9.